The van der Waals surface area contributed by atoms with Crippen molar-refractivity contribution in [3.63, 3.8) is 0 Å². The molecule has 1 saturated carbocycles. The van der Waals surface area contributed by atoms with Gasteiger partial charge in [0.05, 0.1) is 5.25 Å². The summed E-state index contributed by atoms with van der Waals surface area (Å²) in [5, 5.41) is 0.0444. The third-order valence-corrected chi connectivity index (χ3v) is 4.98. The number of hydrogen-bond donors (Lipinski definition) is 0. The molecule has 0 aliphatic heterocycles. The van der Waals surface area contributed by atoms with E-state index in [4.69, 9.17) is 0 Å². The van der Waals surface area contributed by atoms with Gasteiger partial charge in [-0.05, 0) is 31.4 Å². The molecule has 0 aromatic heterocycles. The highest BCUT2D eigenvalue weighted by Crippen LogP contribution is 2.32. The molecule has 1 unspecified atom stereocenters. The third kappa shape index (κ3) is 4.24. The minimum atomic E-state index is 0.0444. The monoisotopic (exact) mass is 274 g/mol. The van der Waals surface area contributed by atoms with E-state index in [1.54, 1.807) is 11.8 Å². The lowest BCUT2D eigenvalue weighted by molar-refractivity contribution is -0.123. The molecule has 1 aromatic rings. The lowest BCUT2D eigenvalue weighted by Gasteiger charge is -2.24. The van der Waals surface area contributed by atoms with Gasteiger partial charge in [0, 0.05) is 10.8 Å². The Morgan fingerprint density at radius 2 is 1.95 bits per heavy atom. The summed E-state index contributed by atoms with van der Waals surface area (Å²) in [4.78, 5) is 13.8. The topological polar surface area (TPSA) is 17.1 Å². The van der Waals surface area contributed by atoms with Crippen LogP contribution >= 0.6 is 11.8 Å². The van der Waals surface area contributed by atoms with Gasteiger partial charge in [-0.2, -0.15) is 0 Å². The molecule has 0 amide bonds. The van der Waals surface area contributed by atoms with Gasteiger partial charge in [-0.15, -0.1) is 18.3 Å². The lowest BCUT2D eigenvalue weighted by Crippen LogP contribution is -2.27. The summed E-state index contributed by atoms with van der Waals surface area (Å²) in [6.07, 6.45) is 8.54. The smallest absolute Gasteiger partial charge is 0.149 e. The fraction of sp³-hybridized carbons (Fsp3) is 0.471. The van der Waals surface area contributed by atoms with E-state index in [2.05, 4.69) is 18.7 Å². The van der Waals surface area contributed by atoms with Crippen LogP contribution in [-0.2, 0) is 4.79 Å². The lowest BCUT2D eigenvalue weighted by atomic mass is 9.84. The Balaban J connectivity index is 2.02. The van der Waals surface area contributed by atoms with Crippen molar-refractivity contribution in [3.05, 3.63) is 43.0 Å². The first-order chi connectivity index (χ1) is 9.31. The first-order valence-corrected chi connectivity index (χ1v) is 8.05. The predicted molar refractivity (Wildman–Crippen MR) is 82.5 cm³/mol. The molecule has 0 radical (unpaired) electrons. The standard InChI is InChI=1S/C17H22OS/c1-2-9-16(19-15-12-7-4-8-13-15)17(18)14-10-5-3-6-11-14/h2,4,7-8,12-14,16H,1,3,5-6,9-11H2. The second-order valence-electron chi connectivity index (χ2n) is 5.18. The maximum atomic E-state index is 12.6. The van der Waals surface area contributed by atoms with E-state index in [-0.39, 0.29) is 11.2 Å². The van der Waals surface area contributed by atoms with Gasteiger partial charge in [-0.3, -0.25) is 4.79 Å². The van der Waals surface area contributed by atoms with Crippen molar-refractivity contribution in [2.24, 2.45) is 5.92 Å². The zero-order valence-electron chi connectivity index (χ0n) is 11.4. The van der Waals surface area contributed by atoms with Crippen molar-refractivity contribution in [1.82, 2.24) is 0 Å². The van der Waals surface area contributed by atoms with Crippen molar-refractivity contribution < 1.29 is 4.79 Å². The number of hydrogen-bond acceptors (Lipinski definition) is 2. The van der Waals surface area contributed by atoms with Gasteiger partial charge in [0.2, 0.25) is 0 Å². The maximum absolute atomic E-state index is 12.6. The quantitative estimate of drug-likeness (QED) is 0.543. The van der Waals surface area contributed by atoms with Crippen molar-refractivity contribution in [2.45, 2.75) is 48.7 Å². The summed E-state index contributed by atoms with van der Waals surface area (Å²) >= 11 is 1.69. The van der Waals surface area contributed by atoms with Crippen LogP contribution in [-0.4, -0.2) is 11.0 Å². The number of allylic oxidation sites excluding steroid dienone is 1. The molecule has 102 valence electrons. The minimum absolute atomic E-state index is 0.0444. The first kappa shape index (κ1) is 14.4. The predicted octanol–water partition coefficient (Wildman–Crippen LogP) is 4.87. The molecule has 1 aliphatic carbocycles. The van der Waals surface area contributed by atoms with Gasteiger partial charge >= 0.3 is 0 Å². The molecule has 1 aliphatic rings. The normalized spacial score (nSPS) is 17.9. The van der Waals surface area contributed by atoms with Crippen LogP contribution in [0.1, 0.15) is 38.5 Å². The summed E-state index contributed by atoms with van der Waals surface area (Å²) in [5.74, 6) is 0.725. The third-order valence-electron chi connectivity index (χ3n) is 3.73. The van der Waals surface area contributed by atoms with Crippen LogP contribution in [0.4, 0.5) is 0 Å². The molecule has 0 saturated heterocycles. The molecular weight excluding hydrogens is 252 g/mol. The van der Waals surface area contributed by atoms with E-state index in [1.165, 1.54) is 24.2 Å². The molecule has 2 rings (SSSR count). The van der Waals surface area contributed by atoms with Crippen molar-refractivity contribution >= 4 is 17.5 Å². The Kier molecular flexibility index (Phi) is 5.71. The van der Waals surface area contributed by atoms with Gasteiger partial charge < -0.3 is 0 Å². The number of benzene rings is 1. The molecule has 1 fully saturated rings. The zero-order valence-corrected chi connectivity index (χ0v) is 12.2. The molecule has 1 aromatic carbocycles. The van der Waals surface area contributed by atoms with Crippen LogP contribution in [0.15, 0.2) is 47.9 Å². The van der Waals surface area contributed by atoms with Crippen molar-refractivity contribution in [1.29, 1.82) is 0 Å². The first-order valence-electron chi connectivity index (χ1n) is 7.17. The second kappa shape index (κ2) is 7.54. The molecule has 1 atom stereocenters. The Morgan fingerprint density at radius 3 is 2.58 bits per heavy atom. The fourth-order valence-corrected chi connectivity index (χ4v) is 3.87. The van der Waals surface area contributed by atoms with E-state index in [0.717, 1.165) is 19.3 Å². The van der Waals surface area contributed by atoms with Crippen LogP contribution in [0.2, 0.25) is 0 Å². The summed E-state index contributed by atoms with van der Waals surface area (Å²) < 4.78 is 0. The second-order valence-corrected chi connectivity index (χ2v) is 6.46. The van der Waals surface area contributed by atoms with E-state index in [0.29, 0.717) is 5.78 Å². The molecule has 0 N–H and O–H groups in total. The van der Waals surface area contributed by atoms with Gasteiger partial charge in [0.1, 0.15) is 5.78 Å². The molecule has 1 nitrogen and oxygen atoms in total. The van der Waals surface area contributed by atoms with Crippen LogP contribution in [0, 0.1) is 5.92 Å². The number of Topliss-reactive ketones (excluding diaryl/α,β-unsaturated/α-hetero) is 1. The average molecular weight is 274 g/mol. The Hall–Kier alpha value is -1.02. The summed E-state index contributed by atoms with van der Waals surface area (Å²) in [7, 11) is 0. The van der Waals surface area contributed by atoms with Gasteiger partial charge in [-0.1, -0.05) is 43.5 Å². The van der Waals surface area contributed by atoms with E-state index in [1.807, 2.05) is 24.3 Å². The largest absolute Gasteiger partial charge is 0.298 e. The van der Waals surface area contributed by atoms with Crippen molar-refractivity contribution in [2.75, 3.05) is 0 Å². The van der Waals surface area contributed by atoms with Crippen molar-refractivity contribution in [3.8, 4) is 0 Å². The van der Waals surface area contributed by atoms with Crippen LogP contribution in [0.3, 0.4) is 0 Å². The number of carbonyl (C=O) groups excluding carboxylic acids is 1. The average Bonchev–Trinajstić information content (AvgIpc) is 2.48. The zero-order chi connectivity index (χ0) is 13.5. The number of ketones is 1. The summed E-state index contributed by atoms with van der Waals surface area (Å²) in [6.45, 7) is 3.80. The van der Waals surface area contributed by atoms with E-state index >= 15 is 0 Å². The fourth-order valence-electron chi connectivity index (χ4n) is 2.69. The van der Waals surface area contributed by atoms with Gasteiger partial charge in [-0.25, -0.2) is 0 Å². The van der Waals surface area contributed by atoms with Crippen LogP contribution in [0.25, 0.3) is 0 Å². The molecule has 0 heterocycles. The highest BCUT2D eigenvalue weighted by molar-refractivity contribution is 8.00. The number of rotatable bonds is 6. The maximum Gasteiger partial charge on any atom is 0.149 e. The Labute approximate surface area is 120 Å². The van der Waals surface area contributed by atoms with E-state index in [9.17, 15) is 4.79 Å². The number of carbonyl (C=O) groups is 1. The van der Waals surface area contributed by atoms with Gasteiger partial charge in [0.15, 0.2) is 0 Å². The molecule has 0 bridgehead atoms. The summed E-state index contributed by atoms with van der Waals surface area (Å²) in [6, 6.07) is 10.2. The summed E-state index contributed by atoms with van der Waals surface area (Å²) in [5.41, 5.74) is 0. The highest BCUT2D eigenvalue weighted by atomic mass is 32.2. The van der Waals surface area contributed by atoms with Gasteiger partial charge in [0.25, 0.3) is 0 Å². The molecule has 2 heteroatoms. The Bertz CT molecular complexity index is 407. The molecule has 0 spiro atoms. The van der Waals surface area contributed by atoms with Crippen LogP contribution < -0.4 is 0 Å². The molecule has 19 heavy (non-hydrogen) atoms. The SMILES string of the molecule is C=CCC(Sc1ccccc1)C(=O)C1CCCCC1. The number of thioether (sulfide) groups is 1. The minimum Gasteiger partial charge on any atom is -0.298 e. The van der Waals surface area contributed by atoms with E-state index < -0.39 is 0 Å². The highest BCUT2D eigenvalue weighted by Gasteiger charge is 2.27. The Morgan fingerprint density at radius 1 is 1.26 bits per heavy atom. The van der Waals surface area contributed by atoms with Crippen LogP contribution in [0.5, 0.6) is 0 Å². The molecular formula is C17H22OS.